The summed E-state index contributed by atoms with van der Waals surface area (Å²) < 4.78 is 20.7. The molecule has 188 valence electrons. The number of pyridine rings is 1. The number of fused-ring (bicyclic) bond motifs is 2. The smallest absolute Gasteiger partial charge is 0.450 e. The third-order valence-corrected chi connectivity index (χ3v) is 6.41. The van der Waals surface area contributed by atoms with Crippen molar-refractivity contribution in [3.63, 3.8) is 0 Å². The summed E-state index contributed by atoms with van der Waals surface area (Å²) >= 11 is 0. The molecule has 0 radical (unpaired) electrons. The third kappa shape index (κ3) is 4.96. The molecule has 11 heteroatoms. The molecule has 1 saturated carbocycles. The molecule has 10 nitrogen and oxygen atoms in total. The molecule has 0 saturated heterocycles. The Labute approximate surface area is 205 Å². The number of rotatable bonds is 4. The van der Waals surface area contributed by atoms with Crippen molar-refractivity contribution < 1.29 is 28.9 Å². The molecule has 1 aromatic carbocycles. The van der Waals surface area contributed by atoms with Crippen molar-refractivity contribution in [2.45, 2.75) is 44.6 Å². The topological polar surface area (TPSA) is 153 Å². The molecule has 0 spiro atoms. The number of carbonyl (C=O) groups is 2. The first-order valence-electron chi connectivity index (χ1n) is 11.4. The van der Waals surface area contributed by atoms with E-state index in [0.29, 0.717) is 22.1 Å². The van der Waals surface area contributed by atoms with E-state index in [2.05, 4.69) is 10.1 Å². The molecule has 36 heavy (non-hydrogen) atoms. The molecule has 5 rings (SSSR count). The Balaban J connectivity index is 0.000000709. The average molecular weight is 496 g/mol. The van der Waals surface area contributed by atoms with E-state index < -0.39 is 6.16 Å². The minimum absolute atomic E-state index is 0.124. The minimum atomic E-state index is -1.83. The van der Waals surface area contributed by atoms with E-state index in [1.807, 2.05) is 6.07 Å². The number of ketones is 1. The number of Topliss-reactive ketones (excluding diaryl/α,β-unsaturated/α-hetero) is 1. The molecular formula is C25H26FN5O5. The number of hydrogen-bond acceptors (Lipinski definition) is 7. The third-order valence-electron chi connectivity index (χ3n) is 6.41. The van der Waals surface area contributed by atoms with Crippen molar-refractivity contribution in [3.8, 4) is 11.1 Å². The van der Waals surface area contributed by atoms with Gasteiger partial charge in [-0.2, -0.15) is 9.61 Å². The summed E-state index contributed by atoms with van der Waals surface area (Å²) in [5, 5.41) is 19.0. The van der Waals surface area contributed by atoms with Gasteiger partial charge in [-0.15, -0.1) is 0 Å². The molecule has 4 N–H and O–H groups in total. The number of methoxy groups -OCH3 is 1. The second-order valence-corrected chi connectivity index (χ2v) is 8.66. The van der Waals surface area contributed by atoms with Gasteiger partial charge in [0.2, 0.25) is 0 Å². The Morgan fingerprint density at radius 1 is 1.14 bits per heavy atom. The van der Waals surface area contributed by atoms with Crippen LogP contribution in [0.25, 0.3) is 27.7 Å². The Bertz CT molecular complexity index is 1440. The van der Waals surface area contributed by atoms with E-state index >= 15 is 0 Å². The van der Waals surface area contributed by atoms with Crippen molar-refractivity contribution in [1.29, 1.82) is 0 Å². The van der Waals surface area contributed by atoms with Crippen LogP contribution in [-0.2, 0) is 4.74 Å². The van der Waals surface area contributed by atoms with Crippen LogP contribution in [0.5, 0.6) is 0 Å². The van der Waals surface area contributed by atoms with Gasteiger partial charge in [-0.1, -0.05) is 0 Å². The van der Waals surface area contributed by atoms with E-state index in [4.69, 9.17) is 30.5 Å². The molecule has 0 unspecified atom stereocenters. The highest BCUT2D eigenvalue weighted by molar-refractivity contribution is 6.00. The zero-order valence-corrected chi connectivity index (χ0v) is 19.8. The highest BCUT2D eigenvalue weighted by atomic mass is 19.1. The number of anilines is 1. The summed E-state index contributed by atoms with van der Waals surface area (Å²) in [4.78, 5) is 30.4. The van der Waals surface area contributed by atoms with Gasteiger partial charge < -0.3 is 20.7 Å². The standard InChI is InChI=1S/C24H24FN5O2.CH2O3/c1-13(31)21-22(14-3-6-18(32-2)7-4-14)29-24-19(12-28-30(24)23(21)26)16-9-15-10-17(25)5-8-20(15)27-11-16;2-1(3)4/h5,8-12,14,18H,3-4,6-7,26H2,1-2H3;(H2,2,3,4)/t14-,18-;. The van der Waals surface area contributed by atoms with E-state index in [-0.39, 0.29) is 29.4 Å². The number of benzene rings is 1. The van der Waals surface area contributed by atoms with Gasteiger partial charge in [-0.25, -0.2) is 14.2 Å². The van der Waals surface area contributed by atoms with Gasteiger partial charge in [-0.05, 0) is 56.9 Å². The molecule has 1 aliphatic rings. The van der Waals surface area contributed by atoms with Crippen molar-refractivity contribution >= 4 is 34.3 Å². The Hall–Kier alpha value is -4.12. The Morgan fingerprint density at radius 3 is 2.47 bits per heavy atom. The van der Waals surface area contributed by atoms with E-state index in [1.165, 1.54) is 23.6 Å². The molecule has 3 heterocycles. The lowest BCUT2D eigenvalue weighted by Crippen LogP contribution is -2.22. The summed E-state index contributed by atoms with van der Waals surface area (Å²) in [6.07, 6.45) is 5.37. The first kappa shape index (κ1) is 25.0. The number of nitrogens with zero attached hydrogens (tertiary/aromatic N) is 4. The lowest BCUT2D eigenvalue weighted by Gasteiger charge is -2.28. The molecule has 0 amide bonds. The lowest BCUT2D eigenvalue weighted by molar-refractivity contribution is 0.0654. The predicted octanol–water partition coefficient (Wildman–Crippen LogP) is 4.76. The fourth-order valence-corrected chi connectivity index (χ4v) is 4.71. The first-order chi connectivity index (χ1) is 17.2. The second kappa shape index (κ2) is 10.2. The van der Waals surface area contributed by atoms with Crippen LogP contribution in [0.15, 0.2) is 36.7 Å². The monoisotopic (exact) mass is 495 g/mol. The van der Waals surface area contributed by atoms with E-state index in [9.17, 15) is 9.18 Å². The number of carbonyl (C=O) groups excluding carboxylic acids is 1. The maximum Gasteiger partial charge on any atom is 0.503 e. The lowest BCUT2D eigenvalue weighted by atomic mass is 9.83. The van der Waals surface area contributed by atoms with Crippen LogP contribution in [0.1, 0.15) is 54.6 Å². The summed E-state index contributed by atoms with van der Waals surface area (Å²) in [6.45, 7) is 1.51. The van der Waals surface area contributed by atoms with Gasteiger partial charge in [0.25, 0.3) is 0 Å². The quantitative estimate of drug-likeness (QED) is 0.340. The fraction of sp³-hybridized carbons (Fsp3) is 0.320. The zero-order valence-electron chi connectivity index (χ0n) is 19.8. The summed E-state index contributed by atoms with van der Waals surface area (Å²) in [7, 11) is 1.73. The van der Waals surface area contributed by atoms with Crippen LogP contribution >= 0.6 is 0 Å². The number of nitrogen functional groups attached to an aromatic ring is 1. The molecule has 3 aromatic heterocycles. The molecular weight excluding hydrogens is 469 g/mol. The highest BCUT2D eigenvalue weighted by Gasteiger charge is 2.29. The van der Waals surface area contributed by atoms with Crippen molar-refractivity contribution in [3.05, 3.63) is 53.7 Å². The summed E-state index contributed by atoms with van der Waals surface area (Å²) in [5.41, 5.74) is 10.3. The van der Waals surface area contributed by atoms with Crippen LogP contribution in [-0.4, -0.2) is 54.9 Å². The van der Waals surface area contributed by atoms with Crippen LogP contribution in [0.4, 0.5) is 15.0 Å². The van der Waals surface area contributed by atoms with Gasteiger partial charge in [0.05, 0.1) is 29.1 Å². The van der Waals surface area contributed by atoms with E-state index in [1.54, 1.807) is 25.6 Å². The molecule has 0 aliphatic heterocycles. The Kier molecular flexibility index (Phi) is 7.11. The molecule has 1 aliphatic carbocycles. The molecule has 0 atom stereocenters. The summed E-state index contributed by atoms with van der Waals surface area (Å²) in [6, 6.07) is 6.35. The number of hydrogen-bond donors (Lipinski definition) is 3. The molecule has 0 bridgehead atoms. The number of nitrogens with two attached hydrogens (primary N) is 1. The van der Waals surface area contributed by atoms with Gasteiger partial charge in [-0.3, -0.25) is 9.78 Å². The molecule has 1 fully saturated rings. The van der Waals surface area contributed by atoms with Crippen LogP contribution in [0, 0.1) is 5.82 Å². The van der Waals surface area contributed by atoms with Crippen molar-refractivity contribution in [1.82, 2.24) is 19.6 Å². The van der Waals surface area contributed by atoms with Gasteiger partial charge >= 0.3 is 6.16 Å². The molecule has 4 aromatic rings. The van der Waals surface area contributed by atoms with Gasteiger partial charge in [0, 0.05) is 35.7 Å². The highest BCUT2D eigenvalue weighted by Crippen LogP contribution is 2.38. The zero-order chi connectivity index (χ0) is 26.0. The summed E-state index contributed by atoms with van der Waals surface area (Å²) in [5.74, 6) is -0.0315. The van der Waals surface area contributed by atoms with Crippen molar-refractivity contribution in [2.75, 3.05) is 12.8 Å². The maximum absolute atomic E-state index is 13.7. The number of aromatic nitrogens is 4. The fourth-order valence-electron chi connectivity index (χ4n) is 4.71. The Morgan fingerprint density at radius 2 is 1.83 bits per heavy atom. The number of carboxylic acid groups (broad SMARTS) is 2. The van der Waals surface area contributed by atoms with Crippen molar-refractivity contribution in [2.24, 2.45) is 0 Å². The number of halogens is 1. The first-order valence-corrected chi connectivity index (χ1v) is 11.4. The minimum Gasteiger partial charge on any atom is -0.450 e. The second-order valence-electron chi connectivity index (χ2n) is 8.66. The van der Waals surface area contributed by atoms with Crippen LogP contribution < -0.4 is 5.73 Å². The number of ether oxygens (including phenoxy) is 1. The predicted molar refractivity (Wildman–Crippen MR) is 131 cm³/mol. The van der Waals surface area contributed by atoms with Gasteiger partial charge in [0.15, 0.2) is 11.4 Å². The maximum atomic E-state index is 13.7. The average Bonchev–Trinajstić information content (AvgIpc) is 3.27. The normalized spacial score (nSPS) is 17.5. The van der Waals surface area contributed by atoms with Gasteiger partial charge in [0.1, 0.15) is 11.6 Å². The van der Waals surface area contributed by atoms with Crippen LogP contribution in [0.2, 0.25) is 0 Å². The largest absolute Gasteiger partial charge is 0.503 e. The van der Waals surface area contributed by atoms with Crippen LogP contribution in [0.3, 0.4) is 0 Å². The SMILES string of the molecule is CO[C@H]1CC[C@H](c2nc3c(-c4cnc5ccc(F)cc5c4)cnn3c(N)c2C(C)=O)CC1.O=C(O)O. The van der Waals surface area contributed by atoms with E-state index in [0.717, 1.165) is 42.5 Å².